The lowest BCUT2D eigenvalue weighted by atomic mass is 9.69. The van der Waals surface area contributed by atoms with Crippen LogP contribution in [0.2, 0.25) is 0 Å². The Labute approximate surface area is 172 Å². The zero-order valence-corrected chi connectivity index (χ0v) is 16.8. The van der Waals surface area contributed by atoms with Gasteiger partial charge in [-0.05, 0) is 23.5 Å². The first-order valence-corrected chi connectivity index (χ1v) is 9.55. The third-order valence-corrected chi connectivity index (χ3v) is 5.16. The van der Waals surface area contributed by atoms with E-state index in [1.165, 1.54) is 6.07 Å². The fourth-order valence-electron chi connectivity index (χ4n) is 3.93. The summed E-state index contributed by atoms with van der Waals surface area (Å²) in [4.78, 5) is 16.5. The van der Waals surface area contributed by atoms with Crippen LogP contribution in [0.15, 0.2) is 40.9 Å². The number of nitrogens with zero attached hydrogens (tertiary/aromatic N) is 2. The number of pyridine rings is 1. The molecule has 0 aromatic carbocycles. The number of nitrogens with one attached hydrogen (secondary N) is 1. The van der Waals surface area contributed by atoms with Crippen molar-refractivity contribution in [1.82, 2.24) is 10.3 Å². The van der Waals surface area contributed by atoms with Crippen LogP contribution in [0, 0.1) is 16.7 Å². The average Bonchev–Trinajstić information content (AvgIpc) is 2.65. The van der Waals surface area contributed by atoms with E-state index in [0.717, 1.165) is 12.3 Å². The van der Waals surface area contributed by atoms with Crippen LogP contribution in [0.25, 0.3) is 0 Å². The molecule has 0 spiro atoms. The number of hydrogen-bond donors (Lipinski definition) is 2. The van der Waals surface area contributed by atoms with Crippen LogP contribution in [0.3, 0.4) is 0 Å². The van der Waals surface area contributed by atoms with Gasteiger partial charge in [0.1, 0.15) is 5.69 Å². The molecule has 1 unspecified atom stereocenters. The molecule has 0 saturated carbocycles. The molecule has 1 aromatic heterocycles. The molecule has 1 aliphatic carbocycles. The highest BCUT2D eigenvalue weighted by Gasteiger charge is 2.42. The van der Waals surface area contributed by atoms with Gasteiger partial charge in [-0.2, -0.15) is 18.4 Å². The van der Waals surface area contributed by atoms with Gasteiger partial charge in [0.15, 0.2) is 5.78 Å². The van der Waals surface area contributed by atoms with Crippen molar-refractivity contribution in [3.05, 3.63) is 52.1 Å². The van der Waals surface area contributed by atoms with Crippen molar-refractivity contribution < 1.29 is 22.7 Å². The standard InChI is InChI=1S/C21H23F3N4O2/c1-20(2)7-14-19(16(29)8-20)18(12-3-4-17(27-10-12)21(22,23)24)13(9-26)15(28-14)11-30-6-5-25/h3-4,10,18,28H,5-8,11,25H2,1-2H3. The van der Waals surface area contributed by atoms with Crippen molar-refractivity contribution in [2.75, 3.05) is 19.8 Å². The number of nitriles is 1. The Balaban J connectivity index is 2.10. The van der Waals surface area contributed by atoms with Gasteiger partial charge in [-0.15, -0.1) is 0 Å². The number of carbonyl (C=O) groups is 1. The number of allylic oxidation sites excluding steroid dienone is 3. The van der Waals surface area contributed by atoms with Crippen LogP contribution >= 0.6 is 0 Å². The summed E-state index contributed by atoms with van der Waals surface area (Å²) in [5, 5.41) is 13.0. The number of ketones is 1. The van der Waals surface area contributed by atoms with E-state index in [1.54, 1.807) is 0 Å². The first-order chi connectivity index (χ1) is 14.1. The van der Waals surface area contributed by atoms with E-state index in [2.05, 4.69) is 16.4 Å². The molecule has 3 N–H and O–H groups in total. The molecule has 1 atom stereocenters. The summed E-state index contributed by atoms with van der Waals surface area (Å²) in [7, 11) is 0. The Kier molecular flexibility index (Phi) is 6.01. The van der Waals surface area contributed by atoms with E-state index in [4.69, 9.17) is 10.5 Å². The highest BCUT2D eigenvalue weighted by Crippen LogP contribution is 2.46. The van der Waals surface area contributed by atoms with E-state index in [9.17, 15) is 23.2 Å². The molecule has 0 amide bonds. The lowest BCUT2D eigenvalue weighted by Crippen LogP contribution is -2.38. The van der Waals surface area contributed by atoms with Crippen LogP contribution in [0.5, 0.6) is 0 Å². The number of ether oxygens (including phenoxy) is 1. The fraction of sp³-hybridized carbons (Fsp3) is 0.476. The highest BCUT2D eigenvalue weighted by atomic mass is 19.4. The summed E-state index contributed by atoms with van der Waals surface area (Å²) >= 11 is 0. The number of rotatable bonds is 5. The lowest BCUT2D eigenvalue weighted by molar-refractivity contribution is -0.141. The number of carbonyl (C=O) groups excluding carboxylic acids is 1. The quantitative estimate of drug-likeness (QED) is 0.710. The van der Waals surface area contributed by atoms with Gasteiger partial charge < -0.3 is 15.8 Å². The molecular formula is C21H23F3N4O2. The van der Waals surface area contributed by atoms with Crippen LogP contribution in [-0.4, -0.2) is 30.5 Å². The van der Waals surface area contributed by atoms with Gasteiger partial charge >= 0.3 is 6.18 Å². The van der Waals surface area contributed by atoms with Crippen molar-refractivity contribution in [2.45, 2.75) is 38.8 Å². The molecule has 160 valence electrons. The van der Waals surface area contributed by atoms with Gasteiger partial charge in [0.05, 0.1) is 36.5 Å². The van der Waals surface area contributed by atoms with Crippen molar-refractivity contribution in [3.8, 4) is 6.07 Å². The average molecular weight is 420 g/mol. The first-order valence-electron chi connectivity index (χ1n) is 9.55. The van der Waals surface area contributed by atoms with Crippen molar-refractivity contribution in [2.24, 2.45) is 11.1 Å². The van der Waals surface area contributed by atoms with E-state index < -0.39 is 17.8 Å². The summed E-state index contributed by atoms with van der Waals surface area (Å²) < 4.78 is 44.3. The molecule has 9 heteroatoms. The van der Waals surface area contributed by atoms with Gasteiger partial charge in [0, 0.05) is 30.4 Å². The minimum atomic E-state index is -4.57. The molecule has 0 fully saturated rings. The van der Waals surface area contributed by atoms with E-state index in [0.29, 0.717) is 35.5 Å². The summed E-state index contributed by atoms with van der Waals surface area (Å²) in [6, 6.07) is 4.26. The van der Waals surface area contributed by atoms with E-state index in [1.807, 2.05) is 13.8 Å². The Morgan fingerprint density at radius 2 is 2.10 bits per heavy atom. The number of Topliss-reactive ketones (excluding diaryl/α,β-unsaturated/α-hetero) is 1. The molecule has 2 heterocycles. The minimum Gasteiger partial charge on any atom is -0.374 e. The van der Waals surface area contributed by atoms with Gasteiger partial charge in [-0.25, -0.2) is 0 Å². The molecule has 0 radical (unpaired) electrons. The largest absolute Gasteiger partial charge is 0.433 e. The number of alkyl halides is 3. The van der Waals surface area contributed by atoms with Crippen molar-refractivity contribution >= 4 is 5.78 Å². The van der Waals surface area contributed by atoms with Crippen molar-refractivity contribution in [1.29, 1.82) is 5.26 Å². The predicted molar refractivity (Wildman–Crippen MR) is 103 cm³/mol. The Morgan fingerprint density at radius 3 is 2.67 bits per heavy atom. The topological polar surface area (TPSA) is 101 Å². The number of hydrogen-bond acceptors (Lipinski definition) is 6. The zero-order valence-electron chi connectivity index (χ0n) is 16.8. The number of dihydropyridines is 1. The Morgan fingerprint density at radius 1 is 1.37 bits per heavy atom. The van der Waals surface area contributed by atoms with Gasteiger partial charge in [0.2, 0.25) is 0 Å². The second-order valence-electron chi connectivity index (χ2n) is 8.21. The van der Waals surface area contributed by atoms with Crippen LogP contribution in [-0.2, 0) is 15.7 Å². The molecule has 6 nitrogen and oxygen atoms in total. The van der Waals surface area contributed by atoms with Crippen LogP contribution in [0.1, 0.15) is 43.9 Å². The Hall–Kier alpha value is -2.70. The summed E-state index contributed by atoms with van der Waals surface area (Å²) in [5.41, 5.74) is 6.32. The molecule has 1 aromatic rings. The van der Waals surface area contributed by atoms with Crippen molar-refractivity contribution in [3.63, 3.8) is 0 Å². The van der Waals surface area contributed by atoms with Gasteiger partial charge in [0.25, 0.3) is 0 Å². The normalized spacial score (nSPS) is 21.2. The predicted octanol–water partition coefficient (Wildman–Crippen LogP) is 3.18. The summed E-state index contributed by atoms with van der Waals surface area (Å²) in [5.74, 6) is -0.922. The Bertz CT molecular complexity index is 940. The van der Waals surface area contributed by atoms with E-state index in [-0.39, 0.29) is 36.4 Å². The third kappa shape index (κ3) is 4.40. The van der Waals surface area contributed by atoms with E-state index >= 15 is 0 Å². The maximum Gasteiger partial charge on any atom is 0.433 e. The monoisotopic (exact) mass is 420 g/mol. The second kappa shape index (κ2) is 8.20. The SMILES string of the molecule is CC1(C)CC(=O)C2=C(C1)NC(COCCN)=C(C#N)C2c1ccc(C(F)(F)F)nc1. The number of aromatic nitrogens is 1. The fourth-order valence-corrected chi connectivity index (χ4v) is 3.93. The molecule has 3 rings (SSSR count). The lowest BCUT2D eigenvalue weighted by Gasteiger charge is -2.39. The zero-order chi connectivity index (χ0) is 22.1. The second-order valence-corrected chi connectivity index (χ2v) is 8.21. The summed E-state index contributed by atoms with van der Waals surface area (Å²) in [6.07, 6.45) is -2.63. The molecule has 0 bridgehead atoms. The third-order valence-electron chi connectivity index (χ3n) is 5.16. The minimum absolute atomic E-state index is 0.0794. The smallest absolute Gasteiger partial charge is 0.374 e. The van der Waals surface area contributed by atoms with Gasteiger partial charge in [-0.3, -0.25) is 9.78 Å². The molecule has 2 aliphatic rings. The maximum atomic E-state index is 13.0. The number of halogens is 3. The maximum absolute atomic E-state index is 13.0. The first kappa shape index (κ1) is 22.0. The molecular weight excluding hydrogens is 397 g/mol. The van der Waals surface area contributed by atoms with Gasteiger partial charge in [-0.1, -0.05) is 19.9 Å². The number of nitrogens with two attached hydrogens (primary N) is 1. The summed E-state index contributed by atoms with van der Waals surface area (Å²) in [6.45, 7) is 4.61. The molecule has 30 heavy (non-hydrogen) atoms. The molecule has 0 saturated heterocycles. The highest BCUT2D eigenvalue weighted by molar-refractivity contribution is 6.00. The molecule has 1 aliphatic heterocycles. The van der Waals surface area contributed by atoms with Crippen LogP contribution < -0.4 is 11.1 Å². The van der Waals surface area contributed by atoms with Crippen LogP contribution in [0.4, 0.5) is 13.2 Å².